The van der Waals surface area contributed by atoms with Crippen LogP contribution in [-0.4, -0.2) is 20.4 Å². The van der Waals surface area contributed by atoms with E-state index in [2.05, 4.69) is 103 Å². The summed E-state index contributed by atoms with van der Waals surface area (Å²) < 4.78 is 10.9. The number of rotatable bonds is 9. The van der Waals surface area contributed by atoms with Gasteiger partial charge < -0.3 is 26.5 Å². The van der Waals surface area contributed by atoms with Crippen LogP contribution in [0, 0.1) is 0 Å². The topological polar surface area (TPSA) is 18.5 Å². The van der Waals surface area contributed by atoms with Crippen molar-refractivity contribution in [2.75, 3.05) is 20.4 Å². The Bertz CT molecular complexity index is 1020. The Balaban J connectivity index is 0.00000306. The summed E-state index contributed by atoms with van der Waals surface area (Å²) >= 11 is 0. The minimum absolute atomic E-state index is 0. The first-order valence-electron chi connectivity index (χ1n) is 11.0. The van der Waals surface area contributed by atoms with Crippen molar-refractivity contribution in [2.24, 2.45) is 0 Å². The van der Waals surface area contributed by atoms with Crippen molar-refractivity contribution in [1.82, 2.24) is 0 Å². The molecule has 0 saturated carbocycles. The van der Waals surface area contributed by atoms with Gasteiger partial charge in [-0.15, -0.1) is 0 Å². The van der Waals surface area contributed by atoms with E-state index in [-0.39, 0.29) is 17.0 Å². The average Bonchev–Trinajstić information content (AvgIpc) is 2.88. The summed E-state index contributed by atoms with van der Waals surface area (Å²) in [6.07, 6.45) is 3.19. The highest BCUT2D eigenvalue weighted by Crippen LogP contribution is 2.55. The van der Waals surface area contributed by atoms with Crippen LogP contribution in [0.15, 0.2) is 109 Å². The van der Waals surface area contributed by atoms with E-state index in [1.54, 1.807) is 14.2 Å². The van der Waals surface area contributed by atoms with E-state index in [1.165, 1.54) is 21.5 Å². The van der Waals surface area contributed by atoms with Crippen molar-refractivity contribution < 1.29 is 26.5 Å². The van der Waals surface area contributed by atoms with Crippen LogP contribution in [0.2, 0.25) is 0 Å². The van der Waals surface area contributed by atoms with Gasteiger partial charge in [0, 0.05) is 0 Å². The van der Waals surface area contributed by atoms with Gasteiger partial charge in [-0.05, 0) is 66.9 Å². The summed E-state index contributed by atoms with van der Waals surface area (Å²) in [5.41, 5.74) is 1.27. The van der Waals surface area contributed by atoms with Crippen LogP contribution in [-0.2, 0) is 6.42 Å². The first-order valence-corrected chi connectivity index (χ1v) is 13.0. The maximum atomic E-state index is 5.51. The molecule has 0 bridgehead atoms. The first kappa shape index (κ1) is 25.0. The van der Waals surface area contributed by atoms with E-state index in [9.17, 15) is 0 Å². The zero-order valence-electron chi connectivity index (χ0n) is 19.2. The second-order valence-corrected chi connectivity index (χ2v) is 11.4. The number of benzene rings is 4. The summed E-state index contributed by atoms with van der Waals surface area (Å²) in [6, 6.07) is 39.5. The Hall–Kier alpha value is -2.61. The Morgan fingerprint density at radius 2 is 1.03 bits per heavy atom. The fraction of sp³-hybridized carbons (Fsp3) is 0.172. The minimum atomic E-state index is -1.78. The van der Waals surface area contributed by atoms with Gasteiger partial charge in [-0.1, -0.05) is 60.7 Å². The van der Waals surface area contributed by atoms with Crippen LogP contribution >= 0.6 is 7.26 Å². The smallest absolute Gasteiger partial charge is 0.160 e. The van der Waals surface area contributed by atoms with Gasteiger partial charge >= 0.3 is 0 Å². The van der Waals surface area contributed by atoms with E-state index >= 15 is 0 Å². The highest BCUT2D eigenvalue weighted by molar-refractivity contribution is 7.95. The largest absolute Gasteiger partial charge is 1.00 e. The van der Waals surface area contributed by atoms with E-state index in [1.807, 2.05) is 6.07 Å². The molecule has 0 heterocycles. The van der Waals surface area contributed by atoms with Gasteiger partial charge in [0.1, 0.15) is 23.2 Å². The monoisotopic (exact) mass is 520 g/mol. The van der Waals surface area contributed by atoms with Crippen LogP contribution in [0.25, 0.3) is 0 Å². The third-order valence-electron chi connectivity index (χ3n) is 6.00. The van der Waals surface area contributed by atoms with Crippen molar-refractivity contribution in [2.45, 2.75) is 12.8 Å². The summed E-state index contributed by atoms with van der Waals surface area (Å²) in [5.74, 6) is 1.57. The molecule has 0 N–H and O–H groups in total. The van der Waals surface area contributed by atoms with Gasteiger partial charge in [-0.25, -0.2) is 0 Å². The molecule has 4 rings (SSSR count). The molecule has 0 saturated heterocycles. The lowest BCUT2D eigenvalue weighted by atomic mass is 10.1. The van der Waals surface area contributed by atoms with Gasteiger partial charge in [0.15, 0.2) is 11.5 Å². The lowest BCUT2D eigenvalue weighted by Gasteiger charge is -2.27. The van der Waals surface area contributed by atoms with Gasteiger partial charge in [0.05, 0.1) is 20.4 Å². The number of ether oxygens (including phenoxy) is 2. The fourth-order valence-corrected chi connectivity index (χ4v) is 8.78. The molecular weight excluding hydrogens is 491 g/mol. The van der Waals surface area contributed by atoms with Crippen molar-refractivity contribution in [3.8, 4) is 11.5 Å². The van der Waals surface area contributed by atoms with Crippen molar-refractivity contribution in [3.05, 3.63) is 115 Å². The van der Waals surface area contributed by atoms with Gasteiger partial charge in [0.2, 0.25) is 0 Å². The second-order valence-electron chi connectivity index (χ2n) is 7.83. The standard InChI is InChI=1S/C29H30O2P.BrH/c1-30-28-21-20-24(23-29(28)31-2)13-12-22-32(25-14-6-3-7-15-25,26-16-8-4-9-17-26)27-18-10-5-11-19-27;/h3-11,14-21,23H,12-13,22H2,1-2H3;1H/q+1;/p-1. The number of halogens is 1. The van der Waals surface area contributed by atoms with Crippen molar-refractivity contribution in [3.63, 3.8) is 0 Å². The number of hydrogen-bond acceptors (Lipinski definition) is 2. The predicted molar refractivity (Wildman–Crippen MR) is 138 cm³/mol. The second kappa shape index (κ2) is 12.0. The van der Waals surface area contributed by atoms with Crippen LogP contribution in [0.4, 0.5) is 0 Å². The van der Waals surface area contributed by atoms with Crippen LogP contribution in [0.1, 0.15) is 12.0 Å². The third-order valence-corrected chi connectivity index (χ3v) is 10.5. The maximum Gasteiger partial charge on any atom is 0.160 e. The molecule has 0 aliphatic heterocycles. The normalized spacial score (nSPS) is 10.8. The van der Waals surface area contributed by atoms with E-state index < -0.39 is 7.26 Å². The number of aryl methyl sites for hydroxylation is 1. The zero-order valence-corrected chi connectivity index (χ0v) is 21.6. The molecular formula is C29H30BrO2P. The Morgan fingerprint density at radius 1 is 0.576 bits per heavy atom. The third kappa shape index (κ3) is 5.49. The molecule has 0 radical (unpaired) electrons. The molecule has 170 valence electrons. The molecule has 0 atom stereocenters. The number of methoxy groups -OCH3 is 2. The summed E-state index contributed by atoms with van der Waals surface area (Å²) in [6.45, 7) is 0. The van der Waals surface area contributed by atoms with Gasteiger partial charge in [0.25, 0.3) is 0 Å². The molecule has 0 amide bonds. The van der Waals surface area contributed by atoms with Crippen LogP contribution < -0.4 is 42.4 Å². The molecule has 0 spiro atoms. The molecule has 4 heteroatoms. The Morgan fingerprint density at radius 3 is 1.45 bits per heavy atom. The lowest BCUT2D eigenvalue weighted by molar-refractivity contribution is -0.00000682. The minimum Gasteiger partial charge on any atom is -1.00 e. The van der Waals surface area contributed by atoms with Crippen molar-refractivity contribution >= 4 is 23.2 Å². The first-order chi connectivity index (χ1) is 15.8. The van der Waals surface area contributed by atoms with E-state index in [0.717, 1.165) is 30.5 Å². The molecule has 4 aromatic carbocycles. The van der Waals surface area contributed by atoms with Gasteiger partial charge in [-0.2, -0.15) is 0 Å². The Labute approximate surface area is 208 Å². The van der Waals surface area contributed by atoms with E-state index in [0.29, 0.717) is 0 Å². The summed E-state index contributed by atoms with van der Waals surface area (Å²) in [5, 5.41) is 4.30. The highest BCUT2D eigenvalue weighted by Gasteiger charge is 2.44. The SMILES string of the molecule is COc1ccc(CCC[P+](c2ccccc2)(c2ccccc2)c2ccccc2)cc1OC.[Br-]. The quantitative estimate of drug-likeness (QED) is 0.316. The maximum absolute atomic E-state index is 5.51. The van der Waals surface area contributed by atoms with Crippen LogP contribution in [0.3, 0.4) is 0 Å². The predicted octanol–water partition coefficient (Wildman–Crippen LogP) is 2.63. The van der Waals surface area contributed by atoms with E-state index in [4.69, 9.17) is 9.47 Å². The molecule has 0 aromatic heterocycles. The molecule has 0 unspecified atom stereocenters. The van der Waals surface area contributed by atoms with Gasteiger partial charge in [-0.3, -0.25) is 0 Å². The van der Waals surface area contributed by atoms with Crippen molar-refractivity contribution in [1.29, 1.82) is 0 Å². The summed E-state index contributed by atoms with van der Waals surface area (Å²) in [4.78, 5) is 0. The molecule has 0 aliphatic carbocycles. The molecule has 0 aliphatic rings. The zero-order chi connectivity index (χ0) is 22.2. The molecule has 4 aromatic rings. The molecule has 0 fully saturated rings. The van der Waals surface area contributed by atoms with Crippen LogP contribution in [0.5, 0.6) is 11.5 Å². The summed E-state index contributed by atoms with van der Waals surface area (Å²) in [7, 11) is 1.59. The number of hydrogen-bond donors (Lipinski definition) is 0. The average molecular weight is 521 g/mol. The molecule has 33 heavy (non-hydrogen) atoms. The fourth-order valence-electron chi connectivity index (χ4n) is 4.44. The Kier molecular flexibility index (Phi) is 9.11. The molecule has 2 nitrogen and oxygen atoms in total. The highest BCUT2D eigenvalue weighted by atomic mass is 79.9. The lowest BCUT2D eigenvalue weighted by Crippen LogP contribution is -3.00.